The summed E-state index contributed by atoms with van der Waals surface area (Å²) in [6, 6.07) is 5.30. The number of nitrogens with zero attached hydrogens (tertiary/aromatic N) is 1. The van der Waals surface area contributed by atoms with Crippen molar-refractivity contribution in [2.45, 2.75) is 20.3 Å². The maximum atomic E-state index is 11.9. The molecule has 0 spiro atoms. The van der Waals surface area contributed by atoms with E-state index in [-0.39, 0.29) is 12.5 Å². The van der Waals surface area contributed by atoms with Gasteiger partial charge in [0.15, 0.2) is 0 Å². The molecule has 2 rings (SSSR count). The first-order valence-corrected chi connectivity index (χ1v) is 7.17. The topological polar surface area (TPSA) is 87.5 Å². The second-order valence-electron chi connectivity index (χ2n) is 5.68. The van der Waals surface area contributed by atoms with Crippen molar-refractivity contribution in [1.29, 1.82) is 0 Å². The molecule has 1 aromatic carbocycles. The molecule has 3 amide bonds. The summed E-state index contributed by atoms with van der Waals surface area (Å²) in [7, 11) is 0. The SMILES string of the molecule is CC(C)CNC(=O)NC(=O)CN1CCc2cccc(N)c21. The largest absolute Gasteiger partial charge is 0.397 e. The fourth-order valence-corrected chi connectivity index (χ4v) is 2.40. The fourth-order valence-electron chi connectivity index (χ4n) is 2.40. The molecular weight excluding hydrogens is 268 g/mol. The molecule has 1 heterocycles. The summed E-state index contributed by atoms with van der Waals surface area (Å²) in [5.41, 5.74) is 8.69. The van der Waals surface area contributed by atoms with Gasteiger partial charge >= 0.3 is 6.03 Å². The Bertz CT molecular complexity index is 542. The first-order chi connectivity index (χ1) is 9.97. The van der Waals surface area contributed by atoms with E-state index in [1.54, 1.807) is 0 Å². The van der Waals surface area contributed by atoms with Crippen LogP contribution in [0.1, 0.15) is 19.4 Å². The van der Waals surface area contributed by atoms with Gasteiger partial charge in [0.05, 0.1) is 17.9 Å². The van der Waals surface area contributed by atoms with Crippen LogP contribution in [0.5, 0.6) is 0 Å². The maximum absolute atomic E-state index is 11.9. The Hall–Kier alpha value is -2.24. The summed E-state index contributed by atoms with van der Waals surface area (Å²) in [4.78, 5) is 25.4. The third-order valence-electron chi connectivity index (χ3n) is 3.38. The summed E-state index contributed by atoms with van der Waals surface area (Å²) >= 11 is 0. The van der Waals surface area contributed by atoms with E-state index >= 15 is 0 Å². The average Bonchev–Trinajstić information content (AvgIpc) is 2.81. The Labute approximate surface area is 124 Å². The van der Waals surface area contributed by atoms with Gasteiger partial charge in [-0.15, -0.1) is 0 Å². The summed E-state index contributed by atoms with van der Waals surface area (Å²) < 4.78 is 0. The molecule has 1 aromatic rings. The molecule has 0 aromatic heterocycles. The molecule has 0 radical (unpaired) electrons. The highest BCUT2D eigenvalue weighted by Crippen LogP contribution is 2.33. The molecule has 4 N–H and O–H groups in total. The Kier molecular flexibility index (Phi) is 4.67. The second kappa shape index (κ2) is 6.47. The first kappa shape index (κ1) is 15.2. The van der Waals surface area contributed by atoms with Crippen LogP contribution in [0, 0.1) is 5.92 Å². The van der Waals surface area contributed by atoms with Crippen LogP contribution < -0.4 is 21.3 Å². The Balaban J connectivity index is 1.89. The minimum absolute atomic E-state index is 0.135. The quantitative estimate of drug-likeness (QED) is 0.725. The Morgan fingerprint density at radius 2 is 2.14 bits per heavy atom. The summed E-state index contributed by atoms with van der Waals surface area (Å²) in [5.74, 6) is 0.0171. The number of hydrogen-bond acceptors (Lipinski definition) is 4. The van der Waals surface area contributed by atoms with Gasteiger partial charge in [0, 0.05) is 13.1 Å². The van der Waals surface area contributed by atoms with Crippen molar-refractivity contribution in [3.8, 4) is 0 Å². The lowest BCUT2D eigenvalue weighted by Gasteiger charge is -2.20. The Morgan fingerprint density at radius 3 is 2.86 bits per heavy atom. The number of fused-ring (bicyclic) bond motifs is 1. The van der Waals surface area contributed by atoms with Gasteiger partial charge in [0.2, 0.25) is 5.91 Å². The van der Waals surface area contributed by atoms with E-state index in [2.05, 4.69) is 10.6 Å². The molecule has 21 heavy (non-hydrogen) atoms. The summed E-state index contributed by atoms with van der Waals surface area (Å²) in [6.45, 7) is 5.40. The van der Waals surface area contributed by atoms with E-state index in [1.165, 1.54) is 0 Å². The lowest BCUT2D eigenvalue weighted by Crippen LogP contribution is -2.45. The number of hydrogen-bond donors (Lipinski definition) is 3. The zero-order chi connectivity index (χ0) is 15.4. The number of carbonyl (C=O) groups is 2. The lowest BCUT2D eigenvalue weighted by molar-refractivity contribution is -0.118. The molecular formula is C15H22N4O2. The van der Waals surface area contributed by atoms with Gasteiger partial charge < -0.3 is 16.0 Å². The van der Waals surface area contributed by atoms with Gasteiger partial charge in [-0.1, -0.05) is 26.0 Å². The number of nitrogen functional groups attached to an aromatic ring is 1. The van der Waals surface area contributed by atoms with Crippen molar-refractivity contribution in [2.24, 2.45) is 5.92 Å². The van der Waals surface area contributed by atoms with Gasteiger partial charge in [-0.25, -0.2) is 4.79 Å². The number of rotatable bonds is 4. The maximum Gasteiger partial charge on any atom is 0.321 e. The minimum atomic E-state index is -0.450. The van der Waals surface area contributed by atoms with Crippen LogP contribution in [-0.4, -0.2) is 31.6 Å². The fraction of sp³-hybridized carbons (Fsp3) is 0.467. The van der Waals surface area contributed by atoms with E-state index in [0.717, 1.165) is 24.2 Å². The van der Waals surface area contributed by atoms with Crippen molar-refractivity contribution in [1.82, 2.24) is 10.6 Å². The molecule has 0 saturated heterocycles. The molecule has 0 fully saturated rings. The number of para-hydroxylation sites is 1. The number of nitrogens with two attached hydrogens (primary N) is 1. The van der Waals surface area contributed by atoms with E-state index in [0.29, 0.717) is 18.2 Å². The predicted octanol–water partition coefficient (Wildman–Crippen LogP) is 1.11. The van der Waals surface area contributed by atoms with Gasteiger partial charge in [-0.3, -0.25) is 10.1 Å². The van der Waals surface area contributed by atoms with Crippen LogP contribution in [-0.2, 0) is 11.2 Å². The van der Waals surface area contributed by atoms with Gasteiger partial charge in [-0.05, 0) is 24.0 Å². The third-order valence-corrected chi connectivity index (χ3v) is 3.38. The number of nitrogens with one attached hydrogen (secondary N) is 2. The highest BCUT2D eigenvalue weighted by atomic mass is 16.2. The van der Waals surface area contributed by atoms with Gasteiger partial charge in [0.1, 0.15) is 0 Å². The van der Waals surface area contributed by atoms with Crippen molar-refractivity contribution in [3.05, 3.63) is 23.8 Å². The van der Waals surface area contributed by atoms with Crippen molar-refractivity contribution < 1.29 is 9.59 Å². The number of urea groups is 1. The molecule has 0 unspecified atom stereocenters. The molecule has 114 valence electrons. The van der Waals surface area contributed by atoms with Crippen molar-refractivity contribution >= 4 is 23.3 Å². The first-order valence-electron chi connectivity index (χ1n) is 7.17. The highest BCUT2D eigenvalue weighted by molar-refractivity contribution is 5.97. The smallest absolute Gasteiger partial charge is 0.321 e. The number of anilines is 2. The molecule has 0 saturated carbocycles. The van der Waals surface area contributed by atoms with Crippen molar-refractivity contribution in [3.63, 3.8) is 0 Å². The normalized spacial score (nSPS) is 13.2. The monoisotopic (exact) mass is 290 g/mol. The molecule has 0 aliphatic carbocycles. The predicted molar refractivity (Wildman–Crippen MR) is 83.2 cm³/mol. The number of carbonyl (C=O) groups excluding carboxylic acids is 2. The molecule has 6 heteroatoms. The zero-order valence-electron chi connectivity index (χ0n) is 12.5. The van der Waals surface area contributed by atoms with Crippen LogP contribution in [0.4, 0.5) is 16.2 Å². The van der Waals surface area contributed by atoms with E-state index < -0.39 is 6.03 Å². The molecule has 1 aliphatic heterocycles. The van der Waals surface area contributed by atoms with Crippen LogP contribution >= 0.6 is 0 Å². The van der Waals surface area contributed by atoms with Gasteiger partial charge in [-0.2, -0.15) is 0 Å². The average molecular weight is 290 g/mol. The second-order valence-corrected chi connectivity index (χ2v) is 5.68. The molecule has 1 aliphatic rings. The number of imide groups is 1. The Morgan fingerprint density at radius 1 is 1.38 bits per heavy atom. The summed E-state index contributed by atoms with van der Waals surface area (Å²) in [5, 5.41) is 5.00. The molecule has 0 atom stereocenters. The van der Waals surface area contributed by atoms with Gasteiger partial charge in [0.25, 0.3) is 0 Å². The molecule has 0 bridgehead atoms. The van der Waals surface area contributed by atoms with Crippen LogP contribution in [0.25, 0.3) is 0 Å². The summed E-state index contributed by atoms with van der Waals surface area (Å²) in [6.07, 6.45) is 0.868. The van der Waals surface area contributed by atoms with Crippen LogP contribution in [0.3, 0.4) is 0 Å². The third kappa shape index (κ3) is 3.87. The van der Waals surface area contributed by atoms with Crippen LogP contribution in [0.2, 0.25) is 0 Å². The van der Waals surface area contributed by atoms with Crippen LogP contribution in [0.15, 0.2) is 18.2 Å². The standard InChI is InChI=1S/C15H22N4O2/c1-10(2)8-17-15(21)18-13(20)9-19-7-6-11-4-3-5-12(16)14(11)19/h3-5,10H,6-9,16H2,1-2H3,(H2,17,18,20,21). The highest BCUT2D eigenvalue weighted by Gasteiger charge is 2.23. The zero-order valence-corrected chi connectivity index (χ0v) is 12.5. The number of benzene rings is 1. The van der Waals surface area contributed by atoms with E-state index in [4.69, 9.17) is 5.73 Å². The van der Waals surface area contributed by atoms with Crippen molar-refractivity contribution in [2.75, 3.05) is 30.3 Å². The van der Waals surface area contributed by atoms with E-state index in [1.807, 2.05) is 36.9 Å². The lowest BCUT2D eigenvalue weighted by atomic mass is 10.1. The molecule has 6 nitrogen and oxygen atoms in total. The van der Waals surface area contributed by atoms with E-state index in [9.17, 15) is 9.59 Å². The minimum Gasteiger partial charge on any atom is -0.397 e. The number of amides is 3.